The maximum Gasteiger partial charge on any atom is 0.272 e. The fourth-order valence-electron chi connectivity index (χ4n) is 3.15. The molecular formula is C17H20N6O. The molecule has 4 rings (SSSR count). The fourth-order valence-corrected chi connectivity index (χ4v) is 3.15. The van der Waals surface area contributed by atoms with E-state index in [1.807, 2.05) is 29.4 Å². The number of nitrogens with zero attached hydrogens (tertiary/aromatic N) is 6. The Morgan fingerprint density at radius 2 is 2.04 bits per heavy atom. The molecule has 0 spiro atoms. The smallest absolute Gasteiger partial charge is 0.272 e. The molecule has 0 unspecified atom stereocenters. The third kappa shape index (κ3) is 2.66. The van der Waals surface area contributed by atoms with Crippen molar-refractivity contribution in [2.45, 2.75) is 13.0 Å². The average molecular weight is 324 g/mol. The summed E-state index contributed by atoms with van der Waals surface area (Å²) in [6.45, 7) is 5.85. The van der Waals surface area contributed by atoms with Crippen LogP contribution in [0.3, 0.4) is 0 Å². The third-order valence-electron chi connectivity index (χ3n) is 4.60. The molecule has 0 saturated carbocycles. The molecule has 1 saturated heterocycles. The van der Waals surface area contributed by atoms with E-state index >= 15 is 0 Å². The Kier molecular flexibility index (Phi) is 3.76. The quantitative estimate of drug-likeness (QED) is 0.808. The zero-order chi connectivity index (χ0) is 16.5. The number of pyridine rings is 1. The second-order valence-corrected chi connectivity index (χ2v) is 6.20. The molecule has 0 bridgehead atoms. The molecule has 3 aliphatic heterocycles. The van der Waals surface area contributed by atoms with Crippen LogP contribution < -0.4 is 0 Å². The summed E-state index contributed by atoms with van der Waals surface area (Å²) in [6.07, 6.45) is 5.57. The van der Waals surface area contributed by atoms with E-state index in [0.717, 1.165) is 31.3 Å². The van der Waals surface area contributed by atoms with E-state index in [0.29, 0.717) is 24.8 Å². The van der Waals surface area contributed by atoms with Crippen LogP contribution in [0, 0.1) is 0 Å². The number of aliphatic imine (C=N–C) groups is 2. The second kappa shape index (κ2) is 6.07. The first-order valence-corrected chi connectivity index (χ1v) is 8.26. The van der Waals surface area contributed by atoms with Crippen LogP contribution in [0.4, 0.5) is 0 Å². The van der Waals surface area contributed by atoms with Crippen LogP contribution >= 0.6 is 0 Å². The molecule has 1 amide bonds. The maximum atomic E-state index is 12.4. The van der Waals surface area contributed by atoms with Gasteiger partial charge in [0.25, 0.3) is 5.91 Å². The minimum Gasteiger partial charge on any atom is -0.353 e. The van der Waals surface area contributed by atoms with Crippen molar-refractivity contribution < 1.29 is 4.79 Å². The predicted molar refractivity (Wildman–Crippen MR) is 91.9 cm³/mol. The number of hydrogen-bond acceptors (Lipinski definition) is 6. The van der Waals surface area contributed by atoms with Crippen LogP contribution in [-0.4, -0.2) is 76.5 Å². The van der Waals surface area contributed by atoms with Crippen LogP contribution in [0.5, 0.6) is 0 Å². The molecule has 0 N–H and O–H groups in total. The lowest BCUT2D eigenvalue weighted by Gasteiger charge is -2.37. The van der Waals surface area contributed by atoms with Crippen LogP contribution in [-0.2, 0) is 0 Å². The monoisotopic (exact) mass is 324 g/mol. The topological polar surface area (TPSA) is 64.4 Å². The minimum absolute atomic E-state index is 0.00320. The van der Waals surface area contributed by atoms with Gasteiger partial charge in [-0.3, -0.25) is 14.8 Å². The molecule has 4 heterocycles. The minimum atomic E-state index is -0.00320. The van der Waals surface area contributed by atoms with Crippen LogP contribution in [0.15, 0.2) is 46.3 Å². The number of hydrogen-bond donors (Lipinski definition) is 0. The molecule has 1 atom stereocenters. The first-order valence-electron chi connectivity index (χ1n) is 8.26. The molecule has 1 aromatic heterocycles. The summed E-state index contributed by atoms with van der Waals surface area (Å²) in [4.78, 5) is 31.9. The Bertz CT molecular complexity index is 718. The number of carbonyl (C=O) groups is 1. The van der Waals surface area contributed by atoms with Crippen molar-refractivity contribution in [1.82, 2.24) is 19.7 Å². The summed E-state index contributed by atoms with van der Waals surface area (Å²) in [5, 5.41) is 0. The number of piperazine rings is 1. The Hall–Kier alpha value is -2.70. The summed E-state index contributed by atoms with van der Waals surface area (Å²) in [5.74, 6) is 1.92. The Morgan fingerprint density at radius 1 is 1.21 bits per heavy atom. The van der Waals surface area contributed by atoms with Gasteiger partial charge in [-0.25, -0.2) is 4.99 Å². The SMILES string of the molecule is C[C@@H]1CN=C2C=C(N3CCN(C(=O)c4ccccn4)CC3)N=CN21. The first kappa shape index (κ1) is 14.9. The van der Waals surface area contributed by atoms with Crippen LogP contribution in [0.2, 0.25) is 0 Å². The van der Waals surface area contributed by atoms with Gasteiger partial charge in [-0.1, -0.05) is 6.07 Å². The van der Waals surface area contributed by atoms with Gasteiger partial charge in [0.05, 0.1) is 18.9 Å². The summed E-state index contributed by atoms with van der Waals surface area (Å²) in [5.41, 5.74) is 0.505. The molecule has 1 fully saturated rings. The molecule has 1 aromatic rings. The van der Waals surface area contributed by atoms with Gasteiger partial charge in [0.2, 0.25) is 0 Å². The van der Waals surface area contributed by atoms with E-state index in [1.54, 1.807) is 12.3 Å². The normalized spacial score (nSPS) is 23.0. The van der Waals surface area contributed by atoms with Crippen molar-refractivity contribution in [3.63, 3.8) is 0 Å². The summed E-state index contributed by atoms with van der Waals surface area (Å²) >= 11 is 0. The summed E-state index contributed by atoms with van der Waals surface area (Å²) < 4.78 is 0. The van der Waals surface area contributed by atoms with Gasteiger partial charge < -0.3 is 14.7 Å². The van der Waals surface area contributed by atoms with Crippen molar-refractivity contribution in [3.05, 3.63) is 42.0 Å². The lowest BCUT2D eigenvalue weighted by molar-refractivity contribution is 0.0662. The van der Waals surface area contributed by atoms with Gasteiger partial charge in [0.1, 0.15) is 17.4 Å². The van der Waals surface area contributed by atoms with Gasteiger partial charge in [-0.2, -0.15) is 0 Å². The van der Waals surface area contributed by atoms with Crippen molar-refractivity contribution in [2.75, 3.05) is 32.7 Å². The molecule has 24 heavy (non-hydrogen) atoms. The number of amides is 1. The number of aromatic nitrogens is 1. The summed E-state index contributed by atoms with van der Waals surface area (Å²) in [6, 6.07) is 5.80. The lowest BCUT2D eigenvalue weighted by Crippen LogP contribution is -2.49. The Morgan fingerprint density at radius 3 is 2.79 bits per heavy atom. The number of rotatable bonds is 2. The Labute approximate surface area is 141 Å². The molecule has 3 aliphatic rings. The third-order valence-corrected chi connectivity index (χ3v) is 4.60. The Balaban J connectivity index is 1.39. The van der Waals surface area contributed by atoms with Gasteiger partial charge in [-0.05, 0) is 19.1 Å². The van der Waals surface area contributed by atoms with Crippen molar-refractivity contribution in [2.24, 2.45) is 9.98 Å². The highest BCUT2D eigenvalue weighted by atomic mass is 16.2. The maximum absolute atomic E-state index is 12.4. The van der Waals surface area contributed by atoms with Gasteiger partial charge >= 0.3 is 0 Å². The average Bonchev–Trinajstić information content (AvgIpc) is 3.02. The van der Waals surface area contributed by atoms with Gasteiger partial charge in [-0.15, -0.1) is 0 Å². The molecular weight excluding hydrogens is 304 g/mol. The van der Waals surface area contributed by atoms with E-state index in [4.69, 9.17) is 0 Å². The highest BCUT2D eigenvalue weighted by Crippen LogP contribution is 2.19. The largest absolute Gasteiger partial charge is 0.353 e. The molecule has 0 aromatic carbocycles. The summed E-state index contributed by atoms with van der Waals surface area (Å²) in [7, 11) is 0. The van der Waals surface area contributed by atoms with E-state index < -0.39 is 0 Å². The van der Waals surface area contributed by atoms with Crippen molar-refractivity contribution in [3.8, 4) is 0 Å². The zero-order valence-corrected chi connectivity index (χ0v) is 13.7. The number of carbonyl (C=O) groups excluding carboxylic acids is 1. The molecule has 0 radical (unpaired) electrons. The van der Waals surface area contributed by atoms with Crippen LogP contribution in [0.25, 0.3) is 0 Å². The lowest BCUT2D eigenvalue weighted by atomic mass is 10.2. The predicted octanol–water partition coefficient (Wildman–Crippen LogP) is 0.825. The standard InChI is InChI=1S/C17H20N6O/c1-13-11-19-16-10-15(20-12-23(13)16)21-6-8-22(9-7-21)17(24)14-4-2-3-5-18-14/h2-5,10,12-13H,6-9,11H2,1H3/t13-/m1/s1. The first-order chi connectivity index (χ1) is 11.7. The highest BCUT2D eigenvalue weighted by Gasteiger charge is 2.28. The number of fused-ring (bicyclic) bond motifs is 1. The molecule has 0 aliphatic carbocycles. The zero-order valence-electron chi connectivity index (χ0n) is 13.7. The molecule has 7 heteroatoms. The van der Waals surface area contributed by atoms with Gasteiger partial charge in [0, 0.05) is 38.5 Å². The fraction of sp³-hybridized carbons (Fsp3) is 0.412. The van der Waals surface area contributed by atoms with Gasteiger partial charge in [0.15, 0.2) is 0 Å². The van der Waals surface area contributed by atoms with E-state index in [9.17, 15) is 4.79 Å². The van der Waals surface area contributed by atoms with E-state index in [2.05, 4.69) is 31.7 Å². The molecule has 7 nitrogen and oxygen atoms in total. The van der Waals surface area contributed by atoms with Crippen molar-refractivity contribution >= 4 is 18.1 Å². The number of amidine groups is 1. The molecule has 124 valence electrons. The van der Waals surface area contributed by atoms with Crippen molar-refractivity contribution in [1.29, 1.82) is 0 Å². The van der Waals surface area contributed by atoms with Crippen LogP contribution in [0.1, 0.15) is 17.4 Å². The van der Waals surface area contributed by atoms with E-state index in [-0.39, 0.29) is 5.91 Å². The van der Waals surface area contributed by atoms with E-state index in [1.165, 1.54) is 0 Å². The highest BCUT2D eigenvalue weighted by molar-refractivity contribution is 6.03. The second-order valence-electron chi connectivity index (χ2n) is 6.20.